The Morgan fingerprint density at radius 3 is 2.23 bits per heavy atom. The van der Waals surface area contributed by atoms with Gasteiger partial charge in [0, 0.05) is 15.4 Å². The van der Waals surface area contributed by atoms with Crippen LogP contribution in [0.2, 0.25) is 0 Å². The first-order valence-electron chi connectivity index (χ1n) is 3.77. The molecule has 0 unspecified atom stereocenters. The van der Waals surface area contributed by atoms with Crippen molar-refractivity contribution in [3.63, 3.8) is 0 Å². The van der Waals surface area contributed by atoms with Crippen molar-refractivity contribution in [1.82, 2.24) is 0 Å². The van der Waals surface area contributed by atoms with E-state index in [0.29, 0.717) is 0 Å². The van der Waals surface area contributed by atoms with E-state index in [2.05, 4.69) is 49.4 Å². The molecule has 0 saturated carbocycles. The van der Waals surface area contributed by atoms with Gasteiger partial charge in [-0.15, -0.1) is 11.3 Å². The molecule has 1 aromatic heterocycles. The summed E-state index contributed by atoms with van der Waals surface area (Å²) < 4.78 is 2.32. The Balaban J connectivity index is 2.59. The largest absolute Gasteiger partial charge is 0.135 e. The van der Waals surface area contributed by atoms with Gasteiger partial charge in [-0.05, 0) is 37.4 Å². The summed E-state index contributed by atoms with van der Waals surface area (Å²) >= 11 is 8.77. The highest BCUT2D eigenvalue weighted by Gasteiger charge is 2.08. The van der Waals surface area contributed by atoms with E-state index in [1.807, 2.05) is 18.2 Å². The summed E-state index contributed by atoms with van der Waals surface area (Å²) in [6, 6.07) is 10.3. The zero-order chi connectivity index (χ0) is 9.26. The van der Waals surface area contributed by atoms with Crippen molar-refractivity contribution in [2.45, 2.75) is 0 Å². The first kappa shape index (κ1) is 9.44. The molecule has 0 aliphatic heterocycles. The Kier molecular flexibility index (Phi) is 2.86. The van der Waals surface area contributed by atoms with Gasteiger partial charge in [0.05, 0.1) is 3.79 Å². The normalized spacial score (nSPS) is 10.3. The van der Waals surface area contributed by atoms with E-state index in [1.165, 1.54) is 14.9 Å². The molecule has 0 amide bonds. The second-order valence-electron chi connectivity index (χ2n) is 2.60. The third-order valence-corrected chi connectivity index (χ3v) is 4.41. The van der Waals surface area contributed by atoms with E-state index >= 15 is 0 Å². The molecule has 3 heteroatoms. The molecule has 1 heterocycles. The molecular formula is C10H6Br2S. The van der Waals surface area contributed by atoms with Gasteiger partial charge in [-0.3, -0.25) is 0 Å². The van der Waals surface area contributed by atoms with Crippen LogP contribution in [0.4, 0.5) is 0 Å². The third kappa shape index (κ3) is 1.87. The minimum absolute atomic E-state index is 1.15. The van der Waals surface area contributed by atoms with Crippen molar-refractivity contribution in [3.05, 3.63) is 44.0 Å². The van der Waals surface area contributed by atoms with Crippen LogP contribution in [0.5, 0.6) is 0 Å². The molecule has 66 valence electrons. The Bertz CT molecular complexity index is 387. The molecule has 2 aromatic rings. The maximum absolute atomic E-state index is 3.54. The lowest BCUT2D eigenvalue weighted by molar-refractivity contribution is 1.65. The summed E-state index contributed by atoms with van der Waals surface area (Å²) in [5.41, 5.74) is 2.48. The van der Waals surface area contributed by atoms with Crippen molar-refractivity contribution >= 4 is 43.2 Å². The van der Waals surface area contributed by atoms with Crippen molar-refractivity contribution in [1.29, 1.82) is 0 Å². The molecular weight excluding hydrogens is 312 g/mol. The van der Waals surface area contributed by atoms with Crippen LogP contribution in [0.3, 0.4) is 0 Å². The summed E-state index contributed by atoms with van der Waals surface area (Å²) in [7, 11) is 0. The summed E-state index contributed by atoms with van der Waals surface area (Å²) in [6.45, 7) is 0. The number of rotatable bonds is 1. The molecule has 2 rings (SSSR count). The predicted octanol–water partition coefficient (Wildman–Crippen LogP) is 4.94. The lowest BCUT2D eigenvalue weighted by atomic mass is 10.1. The standard InChI is InChI=1S/C10H6Br2S/c11-8-6-13-10(12)9(8)7-4-2-1-3-5-7/h1-6H. The van der Waals surface area contributed by atoms with E-state index in [4.69, 9.17) is 0 Å². The van der Waals surface area contributed by atoms with Gasteiger partial charge in [-0.25, -0.2) is 0 Å². The first-order chi connectivity index (χ1) is 6.29. The fourth-order valence-electron chi connectivity index (χ4n) is 1.17. The average molecular weight is 318 g/mol. The van der Waals surface area contributed by atoms with E-state index in [1.54, 1.807) is 11.3 Å². The van der Waals surface area contributed by atoms with E-state index in [-0.39, 0.29) is 0 Å². The Morgan fingerprint density at radius 1 is 1.00 bits per heavy atom. The summed E-state index contributed by atoms with van der Waals surface area (Å²) in [6.07, 6.45) is 0. The van der Waals surface area contributed by atoms with Crippen LogP contribution in [0.1, 0.15) is 0 Å². The highest BCUT2D eigenvalue weighted by Crippen LogP contribution is 2.39. The summed E-state index contributed by atoms with van der Waals surface area (Å²) in [4.78, 5) is 0. The molecule has 0 radical (unpaired) electrons. The van der Waals surface area contributed by atoms with Crippen molar-refractivity contribution < 1.29 is 0 Å². The first-order valence-corrected chi connectivity index (χ1v) is 6.23. The topological polar surface area (TPSA) is 0 Å². The molecule has 13 heavy (non-hydrogen) atoms. The molecule has 0 atom stereocenters. The second-order valence-corrected chi connectivity index (χ2v) is 5.65. The average Bonchev–Trinajstić information content (AvgIpc) is 2.48. The Morgan fingerprint density at radius 2 is 1.69 bits per heavy atom. The van der Waals surface area contributed by atoms with Crippen molar-refractivity contribution in [2.24, 2.45) is 0 Å². The number of thiophene rings is 1. The van der Waals surface area contributed by atoms with Crippen LogP contribution in [0.15, 0.2) is 44.0 Å². The molecule has 0 N–H and O–H groups in total. The lowest BCUT2D eigenvalue weighted by Gasteiger charge is -1.99. The van der Waals surface area contributed by atoms with E-state index < -0.39 is 0 Å². The zero-order valence-corrected chi connectivity index (χ0v) is 10.6. The third-order valence-electron chi connectivity index (χ3n) is 1.76. The van der Waals surface area contributed by atoms with E-state index in [0.717, 1.165) is 4.47 Å². The van der Waals surface area contributed by atoms with Crippen LogP contribution in [-0.4, -0.2) is 0 Å². The number of hydrogen-bond acceptors (Lipinski definition) is 1. The number of halogens is 2. The highest BCUT2D eigenvalue weighted by atomic mass is 79.9. The monoisotopic (exact) mass is 316 g/mol. The molecule has 0 spiro atoms. The highest BCUT2D eigenvalue weighted by molar-refractivity contribution is 9.11. The van der Waals surface area contributed by atoms with E-state index in [9.17, 15) is 0 Å². The van der Waals surface area contributed by atoms with Crippen LogP contribution < -0.4 is 0 Å². The molecule has 0 aliphatic carbocycles. The van der Waals surface area contributed by atoms with Gasteiger partial charge in [0.1, 0.15) is 0 Å². The van der Waals surface area contributed by atoms with Crippen molar-refractivity contribution in [2.75, 3.05) is 0 Å². The Labute approximate surface area is 97.9 Å². The second kappa shape index (κ2) is 3.95. The molecule has 0 nitrogen and oxygen atoms in total. The summed E-state index contributed by atoms with van der Waals surface area (Å²) in [5, 5.41) is 2.09. The molecule has 0 fully saturated rings. The predicted molar refractivity (Wildman–Crippen MR) is 65.2 cm³/mol. The molecule has 1 aromatic carbocycles. The number of benzene rings is 1. The lowest BCUT2D eigenvalue weighted by Crippen LogP contribution is -1.73. The Hall–Kier alpha value is -0.120. The molecule has 0 aliphatic rings. The minimum Gasteiger partial charge on any atom is -0.135 e. The van der Waals surface area contributed by atoms with Gasteiger partial charge < -0.3 is 0 Å². The van der Waals surface area contributed by atoms with Crippen LogP contribution >= 0.6 is 43.2 Å². The smallest absolute Gasteiger partial charge is 0.0788 e. The number of hydrogen-bond donors (Lipinski definition) is 0. The van der Waals surface area contributed by atoms with Gasteiger partial charge >= 0.3 is 0 Å². The van der Waals surface area contributed by atoms with Crippen LogP contribution in [0.25, 0.3) is 11.1 Å². The maximum Gasteiger partial charge on any atom is 0.0788 e. The zero-order valence-electron chi connectivity index (χ0n) is 6.63. The summed E-state index contributed by atoms with van der Waals surface area (Å²) in [5.74, 6) is 0. The van der Waals surface area contributed by atoms with Crippen LogP contribution in [0, 0.1) is 0 Å². The van der Waals surface area contributed by atoms with Gasteiger partial charge in [-0.2, -0.15) is 0 Å². The van der Waals surface area contributed by atoms with Gasteiger partial charge in [-0.1, -0.05) is 30.3 Å². The van der Waals surface area contributed by atoms with Gasteiger partial charge in [0.2, 0.25) is 0 Å². The van der Waals surface area contributed by atoms with Gasteiger partial charge in [0.25, 0.3) is 0 Å². The quantitative estimate of drug-likeness (QED) is 0.699. The maximum atomic E-state index is 3.54. The molecule has 0 saturated heterocycles. The fraction of sp³-hybridized carbons (Fsp3) is 0. The van der Waals surface area contributed by atoms with Crippen LogP contribution in [-0.2, 0) is 0 Å². The fourth-order valence-corrected chi connectivity index (χ4v) is 3.67. The minimum atomic E-state index is 1.15. The molecule has 0 bridgehead atoms. The SMILES string of the molecule is Brc1csc(Br)c1-c1ccccc1. The van der Waals surface area contributed by atoms with Gasteiger partial charge in [0.15, 0.2) is 0 Å². The van der Waals surface area contributed by atoms with Crippen molar-refractivity contribution in [3.8, 4) is 11.1 Å².